The van der Waals surface area contributed by atoms with Gasteiger partial charge in [0.15, 0.2) is 0 Å². The molecule has 0 saturated heterocycles. The van der Waals surface area contributed by atoms with Crippen molar-refractivity contribution in [2.24, 2.45) is 0 Å². The number of hydrogen-bond acceptors (Lipinski definition) is 2. The average molecular weight is 99.9 g/mol. The van der Waals surface area contributed by atoms with Crippen LogP contribution in [-0.2, 0) is 9.47 Å². The van der Waals surface area contributed by atoms with Crippen molar-refractivity contribution in [2.75, 3.05) is 14.2 Å². The smallest absolute Gasteiger partial charge is 0.149 e. The molecule has 0 aromatic rings. The Labute approximate surface area is 45.2 Å². The molecule has 7 heavy (non-hydrogen) atoms. The minimum absolute atomic E-state index is 0.236. The molecule has 0 aliphatic heterocycles. The zero-order chi connectivity index (χ0) is 5.70. The maximum absolute atomic E-state index is 5.14. The molecule has 0 aromatic heterocycles. The zero-order valence-electron chi connectivity index (χ0n) is 4.68. The largest absolute Gasteiger partial charge is 0.357 e. The zero-order valence-corrected chi connectivity index (χ0v) is 4.68. The Morgan fingerprint density at radius 2 is 1.86 bits per heavy atom. The quantitative estimate of drug-likeness (QED) is 0.372. The predicted octanol–water partition coefficient (Wildman–Crippen LogP) is 0.192. The van der Waals surface area contributed by atoms with E-state index in [-0.39, 0.29) is 6.29 Å². The van der Waals surface area contributed by atoms with Crippen LogP contribution >= 0.6 is 0 Å². The maximum atomic E-state index is 5.14. The van der Waals surface area contributed by atoms with Gasteiger partial charge in [0.1, 0.15) is 6.29 Å². The Bertz CT molecular complexity index is 31.2. The molecule has 0 bridgehead atoms. The van der Waals surface area contributed by atoms with Crippen molar-refractivity contribution in [1.82, 2.24) is 0 Å². The molecule has 2 nitrogen and oxygen atoms in total. The fourth-order valence-electron chi connectivity index (χ4n) is 0.289. The van der Waals surface area contributed by atoms with Crippen LogP contribution < -0.4 is 0 Å². The van der Waals surface area contributed by atoms with Crippen molar-refractivity contribution < 1.29 is 9.47 Å². The summed E-state index contributed by atoms with van der Waals surface area (Å²) in [5, 5.41) is 0. The first-order chi connectivity index (χ1) is 3.35. The van der Waals surface area contributed by atoms with Crippen molar-refractivity contribution >= 4 is 7.85 Å². The van der Waals surface area contributed by atoms with Gasteiger partial charge in [-0.15, -0.1) is 0 Å². The van der Waals surface area contributed by atoms with Gasteiger partial charge in [0.25, 0.3) is 0 Å². The second kappa shape index (κ2) is 4.15. The van der Waals surface area contributed by atoms with Crippen LogP contribution in [0.1, 0.15) is 0 Å². The van der Waals surface area contributed by atoms with Gasteiger partial charge in [0.2, 0.25) is 0 Å². The van der Waals surface area contributed by atoms with E-state index in [0.717, 1.165) is 0 Å². The topological polar surface area (TPSA) is 18.5 Å². The Kier molecular flexibility index (Phi) is 4.14. The Morgan fingerprint density at radius 1 is 1.43 bits per heavy atom. The van der Waals surface area contributed by atoms with Gasteiger partial charge in [-0.2, -0.15) is 0 Å². The molecule has 2 radical (unpaired) electrons. The van der Waals surface area contributed by atoms with Crippen molar-refractivity contribution in [1.29, 1.82) is 0 Å². The lowest BCUT2D eigenvalue weighted by molar-refractivity contribution is -0.0871. The molecule has 40 valence electrons. The second-order valence-electron chi connectivity index (χ2n) is 1.14. The Balaban J connectivity index is 2.99. The first-order valence-electron chi connectivity index (χ1n) is 2.10. The highest BCUT2D eigenvalue weighted by molar-refractivity contribution is 6.08. The minimum Gasteiger partial charge on any atom is -0.357 e. The average Bonchev–Trinajstić information content (AvgIpc) is 1.72. The fraction of sp³-hybridized carbons (Fsp3) is 1.00. The summed E-state index contributed by atoms with van der Waals surface area (Å²) in [6.07, 6.45) is 0.174. The lowest BCUT2D eigenvalue weighted by Crippen LogP contribution is -2.10. The van der Waals surface area contributed by atoms with Crippen molar-refractivity contribution in [2.45, 2.75) is 12.6 Å². The molecule has 0 heterocycles. The molecule has 0 fully saturated rings. The van der Waals surface area contributed by atoms with Gasteiger partial charge in [-0.05, 0) is 6.32 Å². The van der Waals surface area contributed by atoms with Crippen LogP contribution in [0.2, 0.25) is 6.32 Å². The molecule has 0 N–H and O–H groups in total. The van der Waals surface area contributed by atoms with E-state index in [0.29, 0.717) is 6.32 Å². The summed E-state index contributed by atoms with van der Waals surface area (Å²) in [7, 11) is 8.26. The first-order valence-corrected chi connectivity index (χ1v) is 2.10. The third-order valence-corrected chi connectivity index (χ3v) is 0.718. The third kappa shape index (κ3) is 2.65. The van der Waals surface area contributed by atoms with Gasteiger partial charge in [-0.1, -0.05) is 0 Å². The molecule has 0 aliphatic rings. The van der Waals surface area contributed by atoms with E-state index >= 15 is 0 Å². The molecule has 0 saturated carbocycles. The normalized spacial score (nSPS) is 10.1. The highest BCUT2D eigenvalue weighted by Gasteiger charge is 1.96. The summed E-state index contributed by atoms with van der Waals surface area (Å²) in [5.41, 5.74) is 0. The standard InChI is InChI=1S/C4H9BO2/c1-6-4(3-5)7-2/h4H,3H2,1-2H3. The van der Waals surface area contributed by atoms with Crippen LogP contribution in [0.15, 0.2) is 0 Å². The minimum atomic E-state index is -0.236. The van der Waals surface area contributed by atoms with Crippen LogP contribution in [-0.4, -0.2) is 28.4 Å². The van der Waals surface area contributed by atoms with Crippen LogP contribution in [0.5, 0.6) is 0 Å². The van der Waals surface area contributed by atoms with E-state index in [1.54, 1.807) is 14.2 Å². The maximum Gasteiger partial charge on any atom is 0.149 e. The van der Waals surface area contributed by atoms with Gasteiger partial charge in [-0.3, -0.25) is 0 Å². The molecule has 3 heteroatoms. The number of hydrogen-bond donors (Lipinski definition) is 0. The van der Waals surface area contributed by atoms with E-state index in [4.69, 9.17) is 17.3 Å². The molecular weight excluding hydrogens is 90.9 g/mol. The van der Waals surface area contributed by atoms with Crippen molar-refractivity contribution in [3.8, 4) is 0 Å². The summed E-state index contributed by atoms with van der Waals surface area (Å²) in [4.78, 5) is 0. The number of rotatable bonds is 3. The van der Waals surface area contributed by atoms with Gasteiger partial charge < -0.3 is 9.47 Å². The van der Waals surface area contributed by atoms with Gasteiger partial charge in [-0.25, -0.2) is 0 Å². The van der Waals surface area contributed by atoms with Crippen LogP contribution in [0.4, 0.5) is 0 Å². The number of ether oxygens (including phenoxy) is 2. The highest BCUT2D eigenvalue weighted by atomic mass is 16.7. The molecule has 0 unspecified atom stereocenters. The molecule has 0 atom stereocenters. The highest BCUT2D eigenvalue weighted by Crippen LogP contribution is 1.92. The van der Waals surface area contributed by atoms with Crippen molar-refractivity contribution in [3.05, 3.63) is 0 Å². The SMILES string of the molecule is [B]CC(OC)OC. The molecule has 0 aliphatic carbocycles. The summed E-state index contributed by atoms with van der Waals surface area (Å²) in [5.74, 6) is 0. The van der Waals surface area contributed by atoms with E-state index in [9.17, 15) is 0 Å². The van der Waals surface area contributed by atoms with Gasteiger partial charge in [0.05, 0.1) is 7.85 Å². The van der Waals surface area contributed by atoms with E-state index < -0.39 is 0 Å². The van der Waals surface area contributed by atoms with E-state index in [2.05, 4.69) is 0 Å². The predicted molar refractivity (Wildman–Crippen MR) is 28.4 cm³/mol. The first kappa shape index (κ1) is 6.98. The molecular formula is C4H9BO2. The van der Waals surface area contributed by atoms with Gasteiger partial charge in [0, 0.05) is 14.2 Å². The molecule has 0 rings (SSSR count). The summed E-state index contributed by atoms with van der Waals surface area (Å²) >= 11 is 0. The third-order valence-electron chi connectivity index (χ3n) is 0.718. The lowest BCUT2D eigenvalue weighted by Gasteiger charge is -2.08. The molecule has 0 amide bonds. The summed E-state index contributed by atoms with van der Waals surface area (Å²) < 4.78 is 9.40. The van der Waals surface area contributed by atoms with Crippen LogP contribution in [0, 0.1) is 0 Å². The number of methoxy groups -OCH3 is 2. The molecule has 0 spiro atoms. The van der Waals surface area contributed by atoms with E-state index in [1.807, 2.05) is 0 Å². The summed E-state index contributed by atoms with van der Waals surface area (Å²) in [6, 6.07) is 0. The fourth-order valence-corrected chi connectivity index (χ4v) is 0.289. The monoisotopic (exact) mass is 100 g/mol. The van der Waals surface area contributed by atoms with Crippen molar-refractivity contribution in [3.63, 3.8) is 0 Å². The van der Waals surface area contributed by atoms with Gasteiger partial charge >= 0.3 is 0 Å². The molecule has 0 aromatic carbocycles. The lowest BCUT2D eigenvalue weighted by atomic mass is 10.1. The summed E-state index contributed by atoms with van der Waals surface area (Å²) in [6.45, 7) is 0. The Hall–Kier alpha value is -0.0151. The second-order valence-corrected chi connectivity index (χ2v) is 1.14. The van der Waals surface area contributed by atoms with Crippen LogP contribution in [0.25, 0.3) is 0 Å². The van der Waals surface area contributed by atoms with Crippen LogP contribution in [0.3, 0.4) is 0 Å². The Morgan fingerprint density at radius 3 is 1.86 bits per heavy atom. The van der Waals surface area contributed by atoms with E-state index in [1.165, 1.54) is 0 Å².